The van der Waals surface area contributed by atoms with Crippen LogP contribution in [0.1, 0.15) is 42.9 Å². The van der Waals surface area contributed by atoms with Crippen LogP contribution >= 0.6 is 12.4 Å². The van der Waals surface area contributed by atoms with Gasteiger partial charge in [0.05, 0.1) is 11.4 Å². The second-order valence-corrected chi connectivity index (χ2v) is 8.85. The molecule has 0 atom stereocenters. The second kappa shape index (κ2) is 8.26. The molecule has 7 nitrogen and oxygen atoms in total. The number of aryl methyl sites for hydroxylation is 1. The van der Waals surface area contributed by atoms with Gasteiger partial charge in [0.15, 0.2) is 0 Å². The van der Waals surface area contributed by atoms with Gasteiger partial charge in [-0.1, -0.05) is 25.1 Å². The van der Waals surface area contributed by atoms with Crippen molar-refractivity contribution in [3.05, 3.63) is 41.5 Å². The van der Waals surface area contributed by atoms with Gasteiger partial charge in [-0.05, 0) is 30.9 Å². The van der Waals surface area contributed by atoms with Gasteiger partial charge in [0.2, 0.25) is 10.0 Å². The number of halogens is 1. The van der Waals surface area contributed by atoms with Crippen LogP contribution in [0.2, 0.25) is 0 Å². The fourth-order valence-corrected chi connectivity index (χ4v) is 5.72. The number of nitrogens with one attached hydrogen (secondary N) is 1. The first-order chi connectivity index (χ1) is 12.6. The summed E-state index contributed by atoms with van der Waals surface area (Å²) in [6.45, 7) is 5.63. The van der Waals surface area contributed by atoms with Crippen molar-refractivity contribution in [2.75, 3.05) is 19.6 Å². The number of rotatable bonds is 4. The van der Waals surface area contributed by atoms with Gasteiger partial charge in [-0.15, -0.1) is 22.6 Å². The Morgan fingerprint density at radius 1 is 1.15 bits per heavy atom. The highest BCUT2D eigenvalue weighted by Gasteiger charge is 2.33. The number of aromatic nitrogens is 3. The van der Waals surface area contributed by atoms with Crippen LogP contribution in [0.4, 0.5) is 0 Å². The van der Waals surface area contributed by atoms with E-state index in [1.165, 1.54) is 0 Å². The molecule has 1 saturated heterocycles. The van der Waals surface area contributed by atoms with E-state index >= 15 is 0 Å². The van der Waals surface area contributed by atoms with Crippen molar-refractivity contribution < 1.29 is 8.42 Å². The standard InChI is InChI=1S/C18H25N5O2S.ClH/c1-2-14-5-3-4-6-16(14)26(24,25)22-10-7-15(8-11-22)18-21-20-17-13-19-9-12-23(17)18;/h3-6,15,19H,2,7-13H2,1H3;1H. The zero-order valence-electron chi connectivity index (χ0n) is 15.5. The minimum atomic E-state index is -3.43. The molecule has 0 amide bonds. The molecule has 4 rings (SSSR count). The van der Waals surface area contributed by atoms with Crippen LogP contribution in [0.5, 0.6) is 0 Å². The van der Waals surface area contributed by atoms with E-state index in [-0.39, 0.29) is 18.3 Å². The number of fused-ring (bicyclic) bond motifs is 1. The Hall–Kier alpha value is -1.48. The fraction of sp³-hybridized carbons (Fsp3) is 0.556. The summed E-state index contributed by atoms with van der Waals surface area (Å²) in [7, 11) is -3.43. The van der Waals surface area contributed by atoms with E-state index in [0.717, 1.165) is 49.7 Å². The molecule has 0 bridgehead atoms. The van der Waals surface area contributed by atoms with Crippen LogP contribution in [0.25, 0.3) is 0 Å². The summed E-state index contributed by atoms with van der Waals surface area (Å²) in [4.78, 5) is 0.451. The molecule has 148 valence electrons. The van der Waals surface area contributed by atoms with Gasteiger partial charge in [-0.25, -0.2) is 8.42 Å². The molecule has 2 aromatic rings. The minimum Gasteiger partial charge on any atom is -0.312 e. The van der Waals surface area contributed by atoms with Crippen LogP contribution in [0.15, 0.2) is 29.2 Å². The molecule has 0 unspecified atom stereocenters. The van der Waals surface area contributed by atoms with E-state index in [9.17, 15) is 8.42 Å². The lowest BCUT2D eigenvalue weighted by molar-refractivity contribution is 0.307. The third-order valence-corrected chi connectivity index (χ3v) is 7.44. The summed E-state index contributed by atoms with van der Waals surface area (Å²) in [5.41, 5.74) is 0.883. The highest BCUT2D eigenvalue weighted by molar-refractivity contribution is 7.89. The monoisotopic (exact) mass is 411 g/mol. The first-order valence-electron chi connectivity index (χ1n) is 9.32. The Labute approximate surface area is 166 Å². The Bertz CT molecular complexity index is 891. The van der Waals surface area contributed by atoms with Crippen LogP contribution in [0, 0.1) is 0 Å². The van der Waals surface area contributed by atoms with E-state index in [4.69, 9.17) is 0 Å². The van der Waals surface area contributed by atoms with E-state index in [0.29, 0.717) is 24.4 Å². The Kier molecular flexibility index (Phi) is 6.20. The van der Waals surface area contributed by atoms with Gasteiger partial charge in [0.1, 0.15) is 11.6 Å². The third-order valence-electron chi connectivity index (χ3n) is 5.44. The number of nitrogens with zero attached hydrogens (tertiary/aromatic N) is 4. The molecule has 3 heterocycles. The molecular formula is C18H26ClN5O2S. The van der Waals surface area contributed by atoms with Gasteiger partial charge >= 0.3 is 0 Å². The lowest BCUT2D eigenvalue weighted by atomic mass is 9.97. The van der Waals surface area contributed by atoms with Gasteiger partial charge in [0, 0.05) is 32.1 Å². The van der Waals surface area contributed by atoms with Crippen LogP contribution in [-0.2, 0) is 29.5 Å². The Balaban J connectivity index is 0.00000210. The third kappa shape index (κ3) is 3.76. The first-order valence-corrected chi connectivity index (χ1v) is 10.8. The van der Waals surface area contributed by atoms with Gasteiger partial charge in [-0.2, -0.15) is 4.31 Å². The summed E-state index contributed by atoms with van der Waals surface area (Å²) in [5.74, 6) is 2.29. The van der Waals surface area contributed by atoms with E-state index in [2.05, 4.69) is 20.1 Å². The summed E-state index contributed by atoms with van der Waals surface area (Å²) >= 11 is 0. The average molecular weight is 412 g/mol. The zero-order valence-corrected chi connectivity index (χ0v) is 17.1. The zero-order chi connectivity index (χ0) is 18.1. The van der Waals surface area contributed by atoms with Crippen molar-refractivity contribution in [3.63, 3.8) is 0 Å². The number of benzene rings is 1. The maximum Gasteiger partial charge on any atom is 0.243 e. The molecule has 27 heavy (non-hydrogen) atoms. The lowest BCUT2D eigenvalue weighted by Crippen LogP contribution is -2.39. The van der Waals surface area contributed by atoms with Crippen LogP contribution in [0.3, 0.4) is 0 Å². The number of sulfonamides is 1. The predicted molar refractivity (Wildman–Crippen MR) is 106 cm³/mol. The second-order valence-electron chi connectivity index (χ2n) is 6.94. The topological polar surface area (TPSA) is 80.1 Å². The van der Waals surface area contributed by atoms with Crippen LogP contribution < -0.4 is 5.32 Å². The molecule has 1 N–H and O–H groups in total. The van der Waals surface area contributed by atoms with Crippen molar-refractivity contribution in [3.8, 4) is 0 Å². The van der Waals surface area contributed by atoms with Gasteiger partial charge in [0.25, 0.3) is 0 Å². The average Bonchev–Trinajstić information content (AvgIpc) is 3.12. The van der Waals surface area contributed by atoms with Gasteiger partial charge in [-0.3, -0.25) is 0 Å². The highest BCUT2D eigenvalue weighted by Crippen LogP contribution is 2.31. The lowest BCUT2D eigenvalue weighted by Gasteiger charge is -2.31. The molecule has 1 aromatic heterocycles. The fourth-order valence-electron chi connectivity index (χ4n) is 3.96. The Morgan fingerprint density at radius 3 is 2.63 bits per heavy atom. The normalized spacial score (nSPS) is 18.7. The maximum atomic E-state index is 13.1. The molecular weight excluding hydrogens is 386 g/mol. The summed E-state index contributed by atoms with van der Waals surface area (Å²) in [6.07, 6.45) is 2.30. The molecule has 0 saturated carbocycles. The van der Waals surface area contributed by atoms with E-state index < -0.39 is 10.0 Å². The molecule has 0 aliphatic carbocycles. The first kappa shape index (κ1) is 20.3. The molecule has 1 fully saturated rings. The SMILES string of the molecule is CCc1ccccc1S(=O)(=O)N1CCC(c2nnc3n2CCNC3)CC1.Cl. The molecule has 0 spiro atoms. The summed E-state index contributed by atoms with van der Waals surface area (Å²) in [6, 6.07) is 7.32. The Morgan fingerprint density at radius 2 is 1.89 bits per heavy atom. The minimum absolute atomic E-state index is 0. The van der Waals surface area contributed by atoms with Crippen molar-refractivity contribution in [1.82, 2.24) is 24.4 Å². The van der Waals surface area contributed by atoms with E-state index in [1.807, 2.05) is 19.1 Å². The summed E-state index contributed by atoms with van der Waals surface area (Å²) in [5, 5.41) is 12.0. The highest BCUT2D eigenvalue weighted by atomic mass is 35.5. The predicted octanol–water partition coefficient (Wildman–Crippen LogP) is 1.93. The molecule has 2 aliphatic rings. The van der Waals surface area contributed by atoms with Crippen molar-refractivity contribution in [2.45, 2.75) is 50.1 Å². The molecule has 9 heteroatoms. The quantitative estimate of drug-likeness (QED) is 0.831. The van der Waals surface area contributed by atoms with Crippen molar-refractivity contribution in [2.24, 2.45) is 0 Å². The molecule has 1 aromatic carbocycles. The van der Waals surface area contributed by atoms with Gasteiger partial charge < -0.3 is 9.88 Å². The molecule has 0 radical (unpaired) electrons. The van der Waals surface area contributed by atoms with Crippen molar-refractivity contribution >= 4 is 22.4 Å². The largest absolute Gasteiger partial charge is 0.312 e. The number of piperidine rings is 1. The maximum absolute atomic E-state index is 13.1. The number of hydrogen-bond acceptors (Lipinski definition) is 5. The smallest absolute Gasteiger partial charge is 0.243 e. The number of hydrogen-bond donors (Lipinski definition) is 1. The van der Waals surface area contributed by atoms with E-state index in [1.54, 1.807) is 16.4 Å². The summed E-state index contributed by atoms with van der Waals surface area (Å²) < 4.78 is 30.0. The van der Waals surface area contributed by atoms with Crippen molar-refractivity contribution in [1.29, 1.82) is 0 Å². The molecule has 2 aliphatic heterocycles. The van der Waals surface area contributed by atoms with Crippen LogP contribution in [-0.4, -0.2) is 47.1 Å².